The fourth-order valence-electron chi connectivity index (χ4n) is 1.94. The van der Waals surface area contributed by atoms with Crippen molar-refractivity contribution in [2.45, 2.75) is 32.7 Å². The van der Waals surface area contributed by atoms with Gasteiger partial charge in [-0.25, -0.2) is 4.98 Å². The Hall–Kier alpha value is -1.01. The molecular formula is C14H22N4S2. The van der Waals surface area contributed by atoms with E-state index in [1.54, 1.807) is 11.3 Å². The van der Waals surface area contributed by atoms with Crippen LogP contribution in [0.3, 0.4) is 0 Å². The summed E-state index contributed by atoms with van der Waals surface area (Å²) in [6, 6.07) is 2.54. The van der Waals surface area contributed by atoms with Crippen molar-refractivity contribution >= 4 is 45.1 Å². The molecular weight excluding hydrogens is 288 g/mol. The van der Waals surface area contributed by atoms with Crippen LogP contribution in [0, 0.1) is 0 Å². The Morgan fingerprint density at radius 1 is 1.35 bits per heavy atom. The Labute approximate surface area is 128 Å². The zero-order valence-corrected chi connectivity index (χ0v) is 13.9. The molecule has 0 fully saturated rings. The molecule has 6 heteroatoms. The third kappa shape index (κ3) is 3.76. The van der Waals surface area contributed by atoms with Crippen LogP contribution in [0.5, 0.6) is 0 Å². The summed E-state index contributed by atoms with van der Waals surface area (Å²) >= 11 is 3.52. The number of nitrogens with one attached hydrogen (secondary N) is 2. The smallest absolute Gasteiger partial charge is 0.226 e. The summed E-state index contributed by atoms with van der Waals surface area (Å²) < 4.78 is 0. The highest BCUT2D eigenvalue weighted by Gasteiger charge is 2.12. The SMILES string of the molecule is CCCNc1nc(NC(CC)CSC)c2ccsc2n1. The zero-order chi connectivity index (χ0) is 14.4. The molecule has 2 heterocycles. The van der Waals surface area contributed by atoms with Gasteiger partial charge in [-0.3, -0.25) is 0 Å². The van der Waals surface area contributed by atoms with Crippen LogP contribution >= 0.6 is 23.1 Å². The predicted octanol–water partition coefficient (Wildman–Crippen LogP) is 4.07. The summed E-state index contributed by atoms with van der Waals surface area (Å²) in [6.45, 7) is 5.25. The molecule has 0 spiro atoms. The van der Waals surface area contributed by atoms with Gasteiger partial charge in [0, 0.05) is 18.3 Å². The minimum absolute atomic E-state index is 0.446. The van der Waals surface area contributed by atoms with Crippen LogP contribution in [-0.2, 0) is 0 Å². The maximum Gasteiger partial charge on any atom is 0.226 e. The van der Waals surface area contributed by atoms with Gasteiger partial charge in [0.25, 0.3) is 0 Å². The van der Waals surface area contributed by atoms with E-state index in [9.17, 15) is 0 Å². The average Bonchev–Trinajstić information content (AvgIpc) is 2.93. The van der Waals surface area contributed by atoms with Gasteiger partial charge in [-0.1, -0.05) is 13.8 Å². The molecule has 20 heavy (non-hydrogen) atoms. The van der Waals surface area contributed by atoms with Crippen LogP contribution < -0.4 is 10.6 Å². The standard InChI is InChI=1S/C14H22N4S2/c1-4-7-15-14-17-12(16-10(5-2)9-19-3)11-6-8-20-13(11)18-14/h6,8,10H,4-5,7,9H2,1-3H3,(H2,15,16,17,18). The zero-order valence-electron chi connectivity index (χ0n) is 12.3. The van der Waals surface area contributed by atoms with Crippen molar-refractivity contribution in [2.75, 3.05) is 29.2 Å². The summed E-state index contributed by atoms with van der Waals surface area (Å²) in [7, 11) is 0. The topological polar surface area (TPSA) is 49.8 Å². The van der Waals surface area contributed by atoms with Crippen LogP contribution in [0.15, 0.2) is 11.4 Å². The minimum atomic E-state index is 0.446. The van der Waals surface area contributed by atoms with Crippen molar-refractivity contribution in [3.8, 4) is 0 Å². The average molecular weight is 310 g/mol. The van der Waals surface area contributed by atoms with Crippen molar-refractivity contribution in [3.05, 3.63) is 11.4 Å². The van der Waals surface area contributed by atoms with Gasteiger partial charge in [0.05, 0.1) is 5.39 Å². The Morgan fingerprint density at radius 3 is 2.90 bits per heavy atom. The second-order valence-electron chi connectivity index (χ2n) is 4.67. The normalized spacial score (nSPS) is 12.6. The lowest BCUT2D eigenvalue weighted by atomic mass is 10.2. The molecule has 0 radical (unpaired) electrons. The lowest BCUT2D eigenvalue weighted by Gasteiger charge is -2.17. The molecule has 4 nitrogen and oxygen atoms in total. The molecule has 0 amide bonds. The van der Waals surface area contributed by atoms with Gasteiger partial charge in [0.2, 0.25) is 5.95 Å². The number of aromatic nitrogens is 2. The highest BCUT2D eigenvalue weighted by atomic mass is 32.2. The molecule has 2 aromatic heterocycles. The largest absolute Gasteiger partial charge is 0.366 e. The van der Waals surface area contributed by atoms with E-state index in [1.165, 1.54) is 0 Å². The van der Waals surface area contributed by atoms with E-state index in [2.05, 4.69) is 52.2 Å². The molecule has 2 rings (SSSR count). The van der Waals surface area contributed by atoms with Crippen molar-refractivity contribution < 1.29 is 0 Å². The number of fused-ring (bicyclic) bond motifs is 1. The van der Waals surface area contributed by atoms with Crippen molar-refractivity contribution in [1.82, 2.24) is 9.97 Å². The maximum atomic E-state index is 4.64. The van der Waals surface area contributed by atoms with E-state index in [4.69, 9.17) is 0 Å². The van der Waals surface area contributed by atoms with Crippen LogP contribution in [0.1, 0.15) is 26.7 Å². The lowest BCUT2D eigenvalue weighted by Crippen LogP contribution is -2.22. The maximum absolute atomic E-state index is 4.64. The molecule has 0 aliphatic rings. The summed E-state index contributed by atoms with van der Waals surface area (Å²) in [5.41, 5.74) is 0. The Morgan fingerprint density at radius 2 is 2.20 bits per heavy atom. The number of hydrogen-bond donors (Lipinski definition) is 2. The number of hydrogen-bond acceptors (Lipinski definition) is 6. The molecule has 2 N–H and O–H groups in total. The molecule has 0 aliphatic heterocycles. The van der Waals surface area contributed by atoms with E-state index in [-0.39, 0.29) is 0 Å². The highest BCUT2D eigenvalue weighted by Crippen LogP contribution is 2.27. The Kier molecular flexibility index (Phi) is 5.91. The fourth-order valence-corrected chi connectivity index (χ4v) is 3.42. The first-order valence-corrected chi connectivity index (χ1v) is 9.30. The fraction of sp³-hybridized carbons (Fsp3) is 0.571. The van der Waals surface area contributed by atoms with Gasteiger partial charge in [-0.05, 0) is 30.5 Å². The van der Waals surface area contributed by atoms with Gasteiger partial charge in [0.15, 0.2) is 0 Å². The first-order chi connectivity index (χ1) is 9.78. The number of thioether (sulfide) groups is 1. The molecule has 1 atom stereocenters. The summed E-state index contributed by atoms with van der Waals surface area (Å²) in [4.78, 5) is 10.3. The molecule has 0 aliphatic carbocycles. The van der Waals surface area contributed by atoms with Gasteiger partial charge in [-0.15, -0.1) is 11.3 Å². The molecule has 0 saturated carbocycles. The highest BCUT2D eigenvalue weighted by molar-refractivity contribution is 7.98. The summed E-state index contributed by atoms with van der Waals surface area (Å²) in [6.07, 6.45) is 4.30. The number of thiophene rings is 1. The molecule has 0 saturated heterocycles. The van der Waals surface area contributed by atoms with Crippen LogP contribution in [-0.4, -0.2) is 34.6 Å². The number of rotatable bonds is 8. The quantitative estimate of drug-likeness (QED) is 0.770. The molecule has 0 aromatic carbocycles. The molecule has 2 aromatic rings. The summed E-state index contributed by atoms with van der Waals surface area (Å²) in [5, 5.41) is 10.0. The monoisotopic (exact) mass is 310 g/mol. The van der Waals surface area contributed by atoms with Gasteiger partial charge >= 0.3 is 0 Å². The van der Waals surface area contributed by atoms with Crippen LogP contribution in [0.2, 0.25) is 0 Å². The van der Waals surface area contributed by atoms with E-state index in [0.717, 1.165) is 47.1 Å². The van der Waals surface area contributed by atoms with Gasteiger partial charge in [0.1, 0.15) is 10.6 Å². The van der Waals surface area contributed by atoms with Crippen LogP contribution in [0.25, 0.3) is 10.2 Å². The van der Waals surface area contributed by atoms with Crippen LogP contribution in [0.4, 0.5) is 11.8 Å². The minimum Gasteiger partial charge on any atom is -0.366 e. The van der Waals surface area contributed by atoms with E-state index < -0.39 is 0 Å². The molecule has 1 unspecified atom stereocenters. The van der Waals surface area contributed by atoms with Gasteiger partial charge in [-0.2, -0.15) is 16.7 Å². The molecule has 110 valence electrons. The van der Waals surface area contributed by atoms with Crippen molar-refractivity contribution in [3.63, 3.8) is 0 Å². The first-order valence-electron chi connectivity index (χ1n) is 7.03. The van der Waals surface area contributed by atoms with Crippen molar-refractivity contribution in [2.24, 2.45) is 0 Å². The van der Waals surface area contributed by atoms with Crippen molar-refractivity contribution in [1.29, 1.82) is 0 Å². The predicted molar refractivity (Wildman–Crippen MR) is 92.3 cm³/mol. The Balaban J connectivity index is 2.26. The summed E-state index contributed by atoms with van der Waals surface area (Å²) in [5.74, 6) is 2.77. The second-order valence-corrected chi connectivity index (χ2v) is 6.47. The number of anilines is 2. The Bertz CT molecular complexity index is 541. The number of nitrogens with zero attached hydrogens (tertiary/aromatic N) is 2. The van der Waals surface area contributed by atoms with E-state index in [0.29, 0.717) is 6.04 Å². The van der Waals surface area contributed by atoms with E-state index in [1.807, 2.05) is 11.8 Å². The second kappa shape index (κ2) is 7.69. The van der Waals surface area contributed by atoms with Gasteiger partial charge < -0.3 is 10.6 Å². The third-order valence-electron chi connectivity index (χ3n) is 3.06. The molecule has 0 bridgehead atoms. The lowest BCUT2D eigenvalue weighted by molar-refractivity contribution is 0.771. The third-order valence-corrected chi connectivity index (χ3v) is 4.60. The first kappa shape index (κ1) is 15.4. The van der Waals surface area contributed by atoms with E-state index >= 15 is 0 Å².